The molecule has 0 amide bonds. The van der Waals surface area contributed by atoms with E-state index in [-0.39, 0.29) is 6.04 Å². The summed E-state index contributed by atoms with van der Waals surface area (Å²) in [6.45, 7) is 7.47. The van der Waals surface area contributed by atoms with Crippen LogP contribution >= 0.6 is 0 Å². The zero-order valence-electron chi connectivity index (χ0n) is 11.5. The molecule has 2 N–H and O–H groups in total. The summed E-state index contributed by atoms with van der Waals surface area (Å²) >= 11 is 0. The topological polar surface area (TPSA) is 47.7 Å². The summed E-state index contributed by atoms with van der Waals surface area (Å²) in [5, 5.41) is 0. The van der Waals surface area contributed by atoms with Gasteiger partial charge in [-0.05, 0) is 12.5 Å². The van der Waals surface area contributed by atoms with E-state index in [9.17, 15) is 0 Å². The molecule has 1 aromatic carbocycles. The Hall–Kier alpha value is -1.10. The van der Waals surface area contributed by atoms with Gasteiger partial charge in [-0.1, -0.05) is 18.2 Å². The third kappa shape index (κ3) is 2.61. The van der Waals surface area contributed by atoms with Gasteiger partial charge in [0.1, 0.15) is 5.75 Å². The molecule has 3 rings (SSSR count). The fourth-order valence-electron chi connectivity index (χ4n) is 2.96. The third-order valence-corrected chi connectivity index (χ3v) is 4.15. The van der Waals surface area contributed by atoms with Crippen molar-refractivity contribution in [1.82, 2.24) is 4.90 Å². The third-order valence-electron chi connectivity index (χ3n) is 4.15. The molecule has 104 valence electrons. The molecule has 0 spiro atoms. The number of ether oxygens (including phenoxy) is 2. The van der Waals surface area contributed by atoms with Gasteiger partial charge in [0, 0.05) is 37.2 Å². The van der Waals surface area contributed by atoms with E-state index in [1.165, 1.54) is 5.56 Å². The first kappa shape index (κ1) is 12.9. The molecule has 1 aromatic rings. The standard InChI is InChI=1S/C15H22N2O2/c1-11-3-2-4-13-14(16)12(10-19-15(11)13)9-17-5-7-18-8-6-17/h2-4,12,14H,5-10,16H2,1H3. The second-order valence-electron chi connectivity index (χ2n) is 5.50. The molecule has 2 aliphatic rings. The van der Waals surface area contributed by atoms with Crippen LogP contribution in [0.2, 0.25) is 0 Å². The van der Waals surface area contributed by atoms with Gasteiger partial charge in [0.2, 0.25) is 0 Å². The molecule has 4 heteroatoms. The van der Waals surface area contributed by atoms with Crippen LogP contribution in [0, 0.1) is 12.8 Å². The molecule has 2 atom stereocenters. The van der Waals surface area contributed by atoms with Crippen molar-refractivity contribution in [1.29, 1.82) is 0 Å². The lowest BCUT2D eigenvalue weighted by atomic mass is 9.89. The summed E-state index contributed by atoms with van der Waals surface area (Å²) in [6, 6.07) is 6.31. The summed E-state index contributed by atoms with van der Waals surface area (Å²) in [6.07, 6.45) is 0. The molecule has 0 bridgehead atoms. The molecule has 0 aromatic heterocycles. The quantitative estimate of drug-likeness (QED) is 0.873. The Morgan fingerprint density at radius 1 is 1.32 bits per heavy atom. The minimum Gasteiger partial charge on any atom is -0.493 e. The van der Waals surface area contributed by atoms with E-state index in [4.69, 9.17) is 15.2 Å². The Bertz CT molecular complexity index is 444. The van der Waals surface area contributed by atoms with Crippen LogP contribution in [0.25, 0.3) is 0 Å². The van der Waals surface area contributed by atoms with Crippen LogP contribution in [0.3, 0.4) is 0 Å². The van der Waals surface area contributed by atoms with Crippen molar-refractivity contribution in [3.05, 3.63) is 29.3 Å². The number of morpholine rings is 1. The van der Waals surface area contributed by atoms with Crippen molar-refractivity contribution in [2.24, 2.45) is 11.7 Å². The van der Waals surface area contributed by atoms with Gasteiger partial charge in [0.05, 0.1) is 19.8 Å². The fourth-order valence-corrected chi connectivity index (χ4v) is 2.96. The van der Waals surface area contributed by atoms with Crippen LogP contribution in [0.5, 0.6) is 5.75 Å². The van der Waals surface area contributed by atoms with Gasteiger partial charge in [-0.25, -0.2) is 0 Å². The van der Waals surface area contributed by atoms with E-state index in [0.717, 1.165) is 50.8 Å². The number of nitrogens with zero attached hydrogens (tertiary/aromatic N) is 1. The molecule has 1 saturated heterocycles. The number of nitrogens with two attached hydrogens (primary N) is 1. The first-order chi connectivity index (χ1) is 9.25. The van der Waals surface area contributed by atoms with Gasteiger partial charge < -0.3 is 15.2 Å². The van der Waals surface area contributed by atoms with E-state index in [0.29, 0.717) is 5.92 Å². The highest BCUT2D eigenvalue weighted by Crippen LogP contribution is 2.36. The molecule has 0 aliphatic carbocycles. The van der Waals surface area contributed by atoms with Crippen molar-refractivity contribution < 1.29 is 9.47 Å². The van der Waals surface area contributed by atoms with E-state index in [2.05, 4.69) is 30.0 Å². The van der Waals surface area contributed by atoms with Crippen molar-refractivity contribution in [3.8, 4) is 5.75 Å². The minimum absolute atomic E-state index is 0.0755. The predicted molar refractivity (Wildman–Crippen MR) is 74.4 cm³/mol. The number of benzene rings is 1. The first-order valence-electron chi connectivity index (χ1n) is 7.03. The van der Waals surface area contributed by atoms with Crippen LogP contribution < -0.4 is 10.5 Å². The minimum atomic E-state index is 0.0755. The smallest absolute Gasteiger partial charge is 0.126 e. The first-order valence-corrected chi connectivity index (χ1v) is 7.03. The molecule has 19 heavy (non-hydrogen) atoms. The Kier molecular flexibility index (Phi) is 3.73. The Morgan fingerprint density at radius 3 is 2.89 bits per heavy atom. The molecule has 2 unspecified atom stereocenters. The van der Waals surface area contributed by atoms with Crippen LogP contribution in [-0.4, -0.2) is 44.4 Å². The Labute approximate surface area is 114 Å². The number of aryl methyl sites for hydroxylation is 1. The van der Waals surface area contributed by atoms with Crippen molar-refractivity contribution >= 4 is 0 Å². The lowest BCUT2D eigenvalue weighted by Crippen LogP contribution is -2.44. The lowest BCUT2D eigenvalue weighted by molar-refractivity contribution is 0.0218. The van der Waals surface area contributed by atoms with Gasteiger partial charge in [0.25, 0.3) is 0 Å². The molecule has 2 aliphatic heterocycles. The highest BCUT2D eigenvalue weighted by molar-refractivity contribution is 5.44. The molecule has 2 heterocycles. The summed E-state index contributed by atoms with van der Waals surface area (Å²) in [5.41, 5.74) is 8.77. The Morgan fingerprint density at radius 2 is 2.11 bits per heavy atom. The second-order valence-corrected chi connectivity index (χ2v) is 5.50. The zero-order chi connectivity index (χ0) is 13.2. The summed E-state index contributed by atoms with van der Waals surface area (Å²) < 4.78 is 11.3. The zero-order valence-corrected chi connectivity index (χ0v) is 11.5. The van der Waals surface area contributed by atoms with Crippen LogP contribution in [0.1, 0.15) is 17.2 Å². The number of para-hydroxylation sites is 1. The highest BCUT2D eigenvalue weighted by atomic mass is 16.5. The Balaban J connectivity index is 1.72. The predicted octanol–water partition coefficient (Wildman–Crippen LogP) is 1.34. The van der Waals surface area contributed by atoms with Crippen LogP contribution in [0.15, 0.2) is 18.2 Å². The van der Waals surface area contributed by atoms with Gasteiger partial charge in [-0.15, -0.1) is 0 Å². The monoisotopic (exact) mass is 262 g/mol. The van der Waals surface area contributed by atoms with E-state index in [1.807, 2.05) is 0 Å². The number of hydrogen-bond acceptors (Lipinski definition) is 4. The van der Waals surface area contributed by atoms with E-state index < -0.39 is 0 Å². The van der Waals surface area contributed by atoms with Crippen LogP contribution in [0.4, 0.5) is 0 Å². The van der Waals surface area contributed by atoms with E-state index >= 15 is 0 Å². The maximum atomic E-state index is 6.44. The molecular weight excluding hydrogens is 240 g/mol. The van der Waals surface area contributed by atoms with Crippen molar-refractivity contribution in [2.75, 3.05) is 39.5 Å². The van der Waals surface area contributed by atoms with Gasteiger partial charge in [-0.2, -0.15) is 0 Å². The maximum Gasteiger partial charge on any atom is 0.126 e. The average molecular weight is 262 g/mol. The average Bonchev–Trinajstić information content (AvgIpc) is 2.44. The van der Waals surface area contributed by atoms with Gasteiger partial charge >= 0.3 is 0 Å². The summed E-state index contributed by atoms with van der Waals surface area (Å²) in [4.78, 5) is 2.43. The second kappa shape index (κ2) is 5.49. The van der Waals surface area contributed by atoms with Gasteiger partial charge in [-0.3, -0.25) is 4.90 Å². The SMILES string of the molecule is Cc1cccc2c1OCC(CN1CCOCC1)C2N. The largest absolute Gasteiger partial charge is 0.493 e. The normalized spacial score (nSPS) is 27.7. The van der Waals surface area contributed by atoms with Crippen molar-refractivity contribution in [3.63, 3.8) is 0 Å². The molecule has 0 saturated carbocycles. The van der Waals surface area contributed by atoms with Crippen molar-refractivity contribution in [2.45, 2.75) is 13.0 Å². The lowest BCUT2D eigenvalue weighted by Gasteiger charge is -2.36. The highest BCUT2D eigenvalue weighted by Gasteiger charge is 2.30. The number of hydrogen-bond donors (Lipinski definition) is 1. The maximum absolute atomic E-state index is 6.44. The fraction of sp³-hybridized carbons (Fsp3) is 0.600. The molecule has 0 radical (unpaired) electrons. The molecule has 1 fully saturated rings. The van der Waals surface area contributed by atoms with Crippen LogP contribution in [-0.2, 0) is 4.74 Å². The van der Waals surface area contributed by atoms with E-state index in [1.54, 1.807) is 0 Å². The number of fused-ring (bicyclic) bond motifs is 1. The number of rotatable bonds is 2. The van der Waals surface area contributed by atoms with Gasteiger partial charge in [0.15, 0.2) is 0 Å². The molecule has 4 nitrogen and oxygen atoms in total. The summed E-state index contributed by atoms with van der Waals surface area (Å²) in [7, 11) is 0. The molecular formula is C15H22N2O2. The summed E-state index contributed by atoms with van der Waals surface area (Å²) in [5.74, 6) is 1.36.